The fourth-order valence-electron chi connectivity index (χ4n) is 2.74. The van der Waals surface area contributed by atoms with E-state index in [0.29, 0.717) is 12.1 Å². The van der Waals surface area contributed by atoms with Gasteiger partial charge in [-0.15, -0.1) is 0 Å². The molecule has 0 radical (unpaired) electrons. The van der Waals surface area contributed by atoms with Crippen LogP contribution in [0.3, 0.4) is 0 Å². The molecule has 0 unspecified atom stereocenters. The summed E-state index contributed by atoms with van der Waals surface area (Å²) in [7, 11) is 1.95. The van der Waals surface area contributed by atoms with Crippen molar-refractivity contribution in [1.29, 1.82) is 0 Å². The number of halogens is 3. The fraction of sp³-hybridized carbons (Fsp3) is 0.600. The van der Waals surface area contributed by atoms with E-state index in [-0.39, 0.29) is 0 Å². The van der Waals surface area contributed by atoms with E-state index in [0.717, 1.165) is 50.5 Å². The largest absolute Gasteiger partial charge is 0.320 e. The fourth-order valence-corrected chi connectivity index (χ4v) is 2.74. The molecule has 1 saturated heterocycles. The van der Waals surface area contributed by atoms with Crippen LogP contribution in [0.5, 0.6) is 0 Å². The first-order chi connectivity index (χ1) is 9.60. The lowest BCUT2D eigenvalue weighted by atomic mass is 9.93. The molecule has 1 N–H and O–H groups in total. The Morgan fingerprint density at radius 2 is 1.75 bits per heavy atom. The predicted octanol–water partition coefficient (Wildman–Crippen LogP) is 2.93. The Hall–Kier alpha value is -1.07. The summed E-state index contributed by atoms with van der Waals surface area (Å²) in [6, 6.07) is 2.18. The van der Waals surface area contributed by atoms with E-state index < -0.39 is 17.5 Å². The van der Waals surface area contributed by atoms with E-state index >= 15 is 0 Å². The summed E-state index contributed by atoms with van der Waals surface area (Å²) in [5, 5.41) is 3.15. The van der Waals surface area contributed by atoms with Gasteiger partial charge in [-0.25, -0.2) is 13.2 Å². The third-order valence-electron chi connectivity index (χ3n) is 3.96. The summed E-state index contributed by atoms with van der Waals surface area (Å²) in [5.41, 5.74) is 0.495. The molecule has 1 aromatic carbocycles. The van der Waals surface area contributed by atoms with Crippen LogP contribution in [0.4, 0.5) is 13.2 Å². The average Bonchev–Trinajstić information content (AvgIpc) is 2.44. The molecule has 0 bridgehead atoms. The van der Waals surface area contributed by atoms with Gasteiger partial charge in [0.15, 0.2) is 17.5 Å². The van der Waals surface area contributed by atoms with Gasteiger partial charge in [-0.3, -0.25) is 4.90 Å². The van der Waals surface area contributed by atoms with Crippen LogP contribution < -0.4 is 5.32 Å². The van der Waals surface area contributed by atoms with Crippen molar-refractivity contribution in [3.63, 3.8) is 0 Å². The molecular formula is C15H21F3N2. The maximum absolute atomic E-state index is 13.2. The minimum atomic E-state index is -1.39. The molecule has 1 aliphatic heterocycles. The van der Waals surface area contributed by atoms with Crippen LogP contribution >= 0.6 is 0 Å². The van der Waals surface area contributed by atoms with E-state index in [9.17, 15) is 13.2 Å². The second-order valence-corrected chi connectivity index (χ2v) is 5.49. The smallest absolute Gasteiger partial charge is 0.194 e. The standard InChI is InChI=1S/C15H21F3N2/c1-19-5-2-11-3-6-20(7-4-11)10-12-8-13(16)15(18)14(17)9-12/h8-9,11,19H,2-7,10H2,1H3. The molecule has 0 spiro atoms. The lowest BCUT2D eigenvalue weighted by molar-refractivity contribution is 0.172. The number of benzene rings is 1. The summed E-state index contributed by atoms with van der Waals surface area (Å²) < 4.78 is 39.2. The highest BCUT2D eigenvalue weighted by Crippen LogP contribution is 2.22. The van der Waals surface area contributed by atoms with Crippen LogP contribution in [0, 0.1) is 23.4 Å². The van der Waals surface area contributed by atoms with Crippen molar-refractivity contribution in [1.82, 2.24) is 10.2 Å². The van der Waals surface area contributed by atoms with Gasteiger partial charge in [0.2, 0.25) is 0 Å². The van der Waals surface area contributed by atoms with E-state index in [1.807, 2.05) is 7.05 Å². The SMILES string of the molecule is CNCCC1CCN(Cc2cc(F)c(F)c(F)c2)CC1. The van der Waals surface area contributed by atoms with Crippen LogP contribution in [0.2, 0.25) is 0 Å². The molecule has 0 atom stereocenters. The van der Waals surface area contributed by atoms with Crippen LogP contribution in [-0.2, 0) is 6.54 Å². The van der Waals surface area contributed by atoms with Crippen LogP contribution in [0.15, 0.2) is 12.1 Å². The monoisotopic (exact) mass is 286 g/mol. The van der Waals surface area contributed by atoms with Gasteiger partial charge in [0.25, 0.3) is 0 Å². The Bertz CT molecular complexity index is 420. The topological polar surface area (TPSA) is 15.3 Å². The van der Waals surface area contributed by atoms with E-state index in [4.69, 9.17) is 0 Å². The first-order valence-electron chi connectivity index (χ1n) is 7.10. The molecule has 1 aliphatic rings. The van der Waals surface area contributed by atoms with Gasteiger partial charge in [-0.1, -0.05) is 0 Å². The predicted molar refractivity (Wildman–Crippen MR) is 72.9 cm³/mol. The number of hydrogen-bond acceptors (Lipinski definition) is 2. The molecule has 0 amide bonds. The van der Waals surface area contributed by atoms with Gasteiger partial charge in [0.1, 0.15) is 0 Å². The number of rotatable bonds is 5. The van der Waals surface area contributed by atoms with Crippen molar-refractivity contribution in [2.75, 3.05) is 26.7 Å². The molecule has 1 aromatic rings. The van der Waals surface area contributed by atoms with Crippen molar-refractivity contribution < 1.29 is 13.2 Å². The van der Waals surface area contributed by atoms with E-state index in [1.165, 1.54) is 6.42 Å². The zero-order valence-electron chi connectivity index (χ0n) is 11.8. The number of hydrogen-bond donors (Lipinski definition) is 1. The summed E-state index contributed by atoms with van der Waals surface area (Å²) in [4.78, 5) is 2.17. The number of piperidine rings is 1. The van der Waals surface area contributed by atoms with Gasteiger partial charge in [-0.2, -0.15) is 0 Å². The molecule has 1 fully saturated rings. The molecule has 112 valence electrons. The van der Waals surface area contributed by atoms with Crippen molar-refractivity contribution in [3.8, 4) is 0 Å². The quantitative estimate of drug-likeness (QED) is 0.837. The third kappa shape index (κ3) is 3.96. The first-order valence-corrected chi connectivity index (χ1v) is 7.10. The summed E-state index contributed by atoms with van der Waals surface area (Å²) >= 11 is 0. The highest BCUT2D eigenvalue weighted by molar-refractivity contribution is 5.19. The van der Waals surface area contributed by atoms with Crippen LogP contribution in [0.1, 0.15) is 24.8 Å². The van der Waals surface area contributed by atoms with Gasteiger partial charge >= 0.3 is 0 Å². The molecule has 1 heterocycles. The zero-order chi connectivity index (χ0) is 14.5. The molecule has 0 aromatic heterocycles. The summed E-state index contributed by atoms with van der Waals surface area (Å²) in [5.74, 6) is -2.88. The third-order valence-corrected chi connectivity index (χ3v) is 3.96. The Balaban J connectivity index is 1.86. The van der Waals surface area contributed by atoms with Crippen molar-refractivity contribution in [2.24, 2.45) is 5.92 Å². The van der Waals surface area contributed by atoms with Crippen LogP contribution in [-0.4, -0.2) is 31.6 Å². The number of nitrogens with zero attached hydrogens (tertiary/aromatic N) is 1. The Morgan fingerprint density at radius 3 is 2.30 bits per heavy atom. The lowest BCUT2D eigenvalue weighted by Gasteiger charge is -2.32. The number of likely N-dealkylation sites (tertiary alicyclic amines) is 1. The van der Waals surface area contributed by atoms with Crippen molar-refractivity contribution in [3.05, 3.63) is 35.1 Å². The highest BCUT2D eigenvalue weighted by Gasteiger charge is 2.19. The molecule has 2 rings (SSSR count). The van der Waals surface area contributed by atoms with Gasteiger partial charge in [0.05, 0.1) is 0 Å². The summed E-state index contributed by atoms with van der Waals surface area (Å²) in [6.45, 7) is 3.36. The van der Waals surface area contributed by atoms with Gasteiger partial charge in [-0.05, 0) is 69.6 Å². The zero-order valence-corrected chi connectivity index (χ0v) is 11.8. The first kappa shape index (κ1) is 15.3. The normalized spacial score (nSPS) is 17.6. The minimum absolute atomic E-state index is 0.479. The van der Waals surface area contributed by atoms with E-state index in [2.05, 4.69) is 10.2 Å². The highest BCUT2D eigenvalue weighted by atomic mass is 19.2. The van der Waals surface area contributed by atoms with Gasteiger partial charge in [0, 0.05) is 6.54 Å². The second kappa shape index (κ2) is 7.09. The lowest BCUT2D eigenvalue weighted by Crippen LogP contribution is -2.34. The Labute approximate surface area is 118 Å². The minimum Gasteiger partial charge on any atom is -0.320 e. The molecule has 0 aliphatic carbocycles. The van der Waals surface area contributed by atoms with Crippen molar-refractivity contribution >= 4 is 0 Å². The Kier molecular flexibility index (Phi) is 5.43. The molecule has 2 nitrogen and oxygen atoms in total. The summed E-state index contributed by atoms with van der Waals surface area (Å²) in [6.07, 6.45) is 3.38. The molecule has 20 heavy (non-hydrogen) atoms. The van der Waals surface area contributed by atoms with Gasteiger partial charge < -0.3 is 5.32 Å². The molecular weight excluding hydrogens is 265 g/mol. The Morgan fingerprint density at radius 1 is 1.15 bits per heavy atom. The second-order valence-electron chi connectivity index (χ2n) is 5.49. The van der Waals surface area contributed by atoms with E-state index in [1.54, 1.807) is 0 Å². The number of nitrogens with one attached hydrogen (secondary N) is 1. The maximum Gasteiger partial charge on any atom is 0.194 e. The average molecular weight is 286 g/mol. The molecule has 0 saturated carbocycles. The van der Waals surface area contributed by atoms with Crippen LogP contribution in [0.25, 0.3) is 0 Å². The van der Waals surface area contributed by atoms with Crippen molar-refractivity contribution in [2.45, 2.75) is 25.8 Å². The molecule has 5 heteroatoms. The maximum atomic E-state index is 13.2.